The maximum Gasteiger partial charge on any atom is 0.156 e. The minimum Gasteiger partial charge on any atom is -0.358 e. The first-order valence-electron chi connectivity index (χ1n) is 15.5. The Balaban J connectivity index is 1.11. The first-order chi connectivity index (χ1) is 19.3. The van der Waals surface area contributed by atoms with Crippen molar-refractivity contribution in [2.24, 2.45) is 0 Å². The second kappa shape index (κ2) is 17.9. The van der Waals surface area contributed by atoms with Gasteiger partial charge in [0.15, 0.2) is 4.93 Å². The van der Waals surface area contributed by atoms with Crippen molar-refractivity contribution in [1.29, 1.82) is 0 Å². The first kappa shape index (κ1) is 31.1. The summed E-state index contributed by atoms with van der Waals surface area (Å²) >= 11 is 7.41. The lowest BCUT2D eigenvalue weighted by molar-refractivity contribution is 0.0276. The van der Waals surface area contributed by atoms with Crippen molar-refractivity contribution < 1.29 is 4.74 Å². The van der Waals surface area contributed by atoms with Gasteiger partial charge in [-0.25, -0.2) is 0 Å². The molecule has 0 radical (unpaired) electrons. The summed E-state index contributed by atoms with van der Waals surface area (Å²) in [4.78, 5) is 3.86. The molecule has 1 nitrogen and oxygen atoms in total. The van der Waals surface area contributed by atoms with Crippen LogP contribution in [-0.2, 0) is 9.67 Å². The number of hydrogen-bond acceptors (Lipinski definition) is 5. The summed E-state index contributed by atoms with van der Waals surface area (Å²) in [5, 5.41) is 8.90. The van der Waals surface area contributed by atoms with E-state index in [1.54, 1.807) is 0 Å². The molecule has 0 spiro atoms. The SMILES string of the molecule is CCCCCCCCCCCCCCCCCCOC1(c2sccc2-c2sccc2-c2cccs2)CC=CS1. The zero-order chi connectivity index (χ0) is 27.0. The third kappa shape index (κ3) is 9.60. The van der Waals surface area contributed by atoms with Crippen LogP contribution < -0.4 is 0 Å². The van der Waals surface area contributed by atoms with Gasteiger partial charge in [0.1, 0.15) is 0 Å². The molecule has 3 aromatic rings. The fraction of sp³-hybridized carbons (Fsp3) is 0.588. The molecular weight excluding hydrogens is 553 g/mol. The smallest absolute Gasteiger partial charge is 0.156 e. The van der Waals surface area contributed by atoms with Gasteiger partial charge in [0.2, 0.25) is 0 Å². The monoisotopic (exact) mass is 600 g/mol. The van der Waals surface area contributed by atoms with Crippen molar-refractivity contribution in [2.75, 3.05) is 6.61 Å². The summed E-state index contributed by atoms with van der Waals surface area (Å²) in [5.41, 5.74) is 2.72. The summed E-state index contributed by atoms with van der Waals surface area (Å²) in [6, 6.07) is 8.96. The average Bonchev–Trinajstić information content (AvgIpc) is 3.76. The lowest BCUT2D eigenvalue weighted by Gasteiger charge is -2.29. The molecule has 1 unspecified atom stereocenters. The van der Waals surface area contributed by atoms with Crippen LogP contribution in [0.25, 0.3) is 20.9 Å². The molecule has 39 heavy (non-hydrogen) atoms. The highest BCUT2D eigenvalue weighted by molar-refractivity contribution is 8.03. The Morgan fingerprint density at radius 1 is 0.667 bits per heavy atom. The van der Waals surface area contributed by atoms with Crippen LogP contribution in [0.4, 0.5) is 0 Å². The lowest BCUT2D eigenvalue weighted by Crippen LogP contribution is -2.23. The summed E-state index contributed by atoms with van der Waals surface area (Å²) in [6.45, 7) is 3.15. The highest BCUT2D eigenvalue weighted by Gasteiger charge is 2.39. The summed E-state index contributed by atoms with van der Waals surface area (Å²) in [6.07, 6.45) is 25.7. The van der Waals surface area contributed by atoms with E-state index < -0.39 is 0 Å². The zero-order valence-electron chi connectivity index (χ0n) is 24.0. The molecule has 0 aliphatic carbocycles. The van der Waals surface area contributed by atoms with Gasteiger partial charge in [-0.3, -0.25) is 0 Å². The van der Waals surface area contributed by atoms with Gasteiger partial charge in [-0.1, -0.05) is 127 Å². The highest BCUT2D eigenvalue weighted by Crippen LogP contribution is 2.53. The average molecular weight is 601 g/mol. The van der Waals surface area contributed by atoms with Gasteiger partial charge in [0.25, 0.3) is 0 Å². The van der Waals surface area contributed by atoms with E-state index in [1.165, 1.54) is 128 Å². The van der Waals surface area contributed by atoms with Crippen LogP contribution in [0.15, 0.2) is 51.9 Å². The van der Waals surface area contributed by atoms with E-state index in [4.69, 9.17) is 4.74 Å². The zero-order valence-corrected chi connectivity index (χ0v) is 27.2. The molecule has 4 rings (SSSR count). The Morgan fingerprint density at radius 3 is 1.87 bits per heavy atom. The lowest BCUT2D eigenvalue weighted by atomic mass is 10.0. The summed E-state index contributed by atoms with van der Waals surface area (Å²) in [7, 11) is 0. The Labute approximate surface area is 254 Å². The molecule has 0 fully saturated rings. The van der Waals surface area contributed by atoms with E-state index in [0.29, 0.717) is 0 Å². The predicted molar refractivity (Wildman–Crippen MR) is 179 cm³/mol. The minimum absolute atomic E-state index is 0.254. The molecule has 214 valence electrons. The van der Waals surface area contributed by atoms with Crippen molar-refractivity contribution in [1.82, 2.24) is 0 Å². The molecule has 0 aromatic carbocycles. The van der Waals surface area contributed by atoms with Crippen molar-refractivity contribution in [3.63, 3.8) is 0 Å². The maximum absolute atomic E-state index is 6.74. The summed E-state index contributed by atoms with van der Waals surface area (Å²) in [5.74, 6) is 0. The van der Waals surface area contributed by atoms with Crippen molar-refractivity contribution in [3.05, 3.63) is 56.8 Å². The van der Waals surface area contributed by atoms with E-state index in [-0.39, 0.29) is 4.93 Å². The van der Waals surface area contributed by atoms with E-state index in [2.05, 4.69) is 58.8 Å². The van der Waals surface area contributed by atoms with Crippen LogP contribution in [0.2, 0.25) is 0 Å². The van der Waals surface area contributed by atoms with E-state index in [0.717, 1.165) is 13.0 Å². The van der Waals surface area contributed by atoms with Crippen molar-refractivity contribution in [3.8, 4) is 20.9 Å². The van der Waals surface area contributed by atoms with Crippen molar-refractivity contribution in [2.45, 2.75) is 121 Å². The molecule has 0 amide bonds. The molecule has 0 saturated heterocycles. The van der Waals surface area contributed by atoms with Crippen LogP contribution in [0.1, 0.15) is 121 Å². The fourth-order valence-corrected chi connectivity index (χ4v) is 9.58. The Kier molecular flexibility index (Phi) is 14.2. The number of hydrogen-bond donors (Lipinski definition) is 0. The number of thiophene rings is 3. The number of ether oxygens (including phenoxy) is 1. The minimum atomic E-state index is -0.254. The maximum atomic E-state index is 6.74. The standard InChI is InChI=1S/C34H48OS4/c1-2-3-4-5-6-7-8-9-10-11-12-13-14-15-16-17-24-35-34(23-19-26-39-34)33-30(22-28-38-33)32-29(21-27-37-32)31-20-18-25-36-31/h18-22,25-28H,2-17,23-24H2,1H3. The van der Waals surface area contributed by atoms with E-state index in [1.807, 2.05) is 45.8 Å². The van der Waals surface area contributed by atoms with Gasteiger partial charge in [0.05, 0.1) is 4.88 Å². The number of thioether (sulfide) groups is 1. The molecule has 0 bridgehead atoms. The van der Waals surface area contributed by atoms with Gasteiger partial charge in [0, 0.05) is 33.9 Å². The van der Waals surface area contributed by atoms with Crippen LogP contribution in [0.5, 0.6) is 0 Å². The third-order valence-electron chi connectivity index (χ3n) is 7.78. The molecule has 3 aromatic heterocycles. The van der Waals surface area contributed by atoms with E-state index in [9.17, 15) is 0 Å². The number of rotatable bonds is 21. The Bertz CT molecular complexity index is 1050. The first-order valence-corrected chi connectivity index (χ1v) is 19.0. The second-order valence-corrected chi connectivity index (χ2v) is 14.8. The Morgan fingerprint density at radius 2 is 1.28 bits per heavy atom. The Hall–Kier alpha value is -0.850. The fourth-order valence-electron chi connectivity index (χ4n) is 5.53. The second-order valence-electron chi connectivity index (χ2n) is 10.9. The van der Waals surface area contributed by atoms with Gasteiger partial charge in [-0.05, 0) is 46.2 Å². The third-order valence-corrected chi connectivity index (χ3v) is 12.0. The molecular formula is C34H48OS4. The molecule has 0 saturated carbocycles. The van der Waals surface area contributed by atoms with Crippen LogP contribution >= 0.6 is 45.8 Å². The van der Waals surface area contributed by atoms with Gasteiger partial charge in [-0.15, -0.1) is 34.0 Å². The van der Waals surface area contributed by atoms with Gasteiger partial charge >= 0.3 is 0 Å². The van der Waals surface area contributed by atoms with Gasteiger partial charge < -0.3 is 4.74 Å². The predicted octanol–water partition coefficient (Wildman–Crippen LogP) is 13.3. The van der Waals surface area contributed by atoms with E-state index >= 15 is 0 Å². The topological polar surface area (TPSA) is 9.23 Å². The highest BCUT2D eigenvalue weighted by atomic mass is 32.2. The quantitative estimate of drug-likeness (QED) is 0.112. The largest absolute Gasteiger partial charge is 0.358 e. The van der Waals surface area contributed by atoms with Crippen LogP contribution in [-0.4, -0.2) is 6.61 Å². The van der Waals surface area contributed by atoms with Crippen molar-refractivity contribution >= 4 is 45.8 Å². The molecule has 0 N–H and O–H groups in total. The van der Waals surface area contributed by atoms with Crippen LogP contribution in [0.3, 0.4) is 0 Å². The van der Waals surface area contributed by atoms with Crippen LogP contribution in [0, 0.1) is 0 Å². The number of unbranched alkanes of at least 4 members (excludes halogenated alkanes) is 15. The summed E-state index contributed by atoms with van der Waals surface area (Å²) < 4.78 is 6.74. The van der Waals surface area contributed by atoms with Gasteiger partial charge in [-0.2, -0.15) is 0 Å². The molecule has 5 heteroatoms. The molecule has 1 atom stereocenters. The molecule has 1 aliphatic rings. The molecule has 4 heterocycles. The molecule has 1 aliphatic heterocycles. The normalized spacial score (nSPS) is 16.9.